The summed E-state index contributed by atoms with van der Waals surface area (Å²) in [5.41, 5.74) is 0.887. The molecule has 3 rings (SSSR count). The average molecular weight is 362 g/mol. The number of carbonyl (C=O) groups excluding carboxylic acids is 1. The number of methoxy groups -OCH3 is 1. The quantitative estimate of drug-likeness (QED) is 0.794. The molecule has 0 spiro atoms. The van der Waals surface area contributed by atoms with E-state index >= 15 is 0 Å². The number of hydrogen-bond acceptors (Lipinski definition) is 3. The third-order valence-corrected chi connectivity index (χ3v) is 5.09. The highest BCUT2D eigenvalue weighted by Gasteiger charge is 2.27. The second kappa shape index (κ2) is 8.50. The van der Waals surface area contributed by atoms with Crippen molar-refractivity contribution < 1.29 is 9.53 Å². The number of piperidine rings is 1. The smallest absolute Gasteiger partial charge is 0.227 e. The number of carbonyl (C=O) groups is 1. The molecule has 1 fully saturated rings. The van der Waals surface area contributed by atoms with Gasteiger partial charge in [-0.1, -0.05) is 29.8 Å². The lowest BCUT2D eigenvalue weighted by Gasteiger charge is -2.33. The molecule has 2 aromatic rings. The third kappa shape index (κ3) is 4.41. The van der Waals surface area contributed by atoms with Crippen molar-refractivity contribution in [3.63, 3.8) is 0 Å². The molecule has 0 aliphatic carbocycles. The SMILES string of the molecule is COCCn1ccnc1[C@H]1CCCN(C(=O)Cc2ccccc2Cl)C1. The normalized spacial score (nSPS) is 17.7. The van der Waals surface area contributed by atoms with Gasteiger partial charge in [0.1, 0.15) is 5.82 Å². The van der Waals surface area contributed by atoms with Gasteiger partial charge in [0.2, 0.25) is 5.91 Å². The van der Waals surface area contributed by atoms with Crippen molar-refractivity contribution in [1.29, 1.82) is 0 Å². The van der Waals surface area contributed by atoms with Crippen LogP contribution >= 0.6 is 11.6 Å². The van der Waals surface area contributed by atoms with Gasteiger partial charge < -0.3 is 14.2 Å². The summed E-state index contributed by atoms with van der Waals surface area (Å²) >= 11 is 6.19. The first kappa shape index (κ1) is 18.0. The van der Waals surface area contributed by atoms with Crippen LogP contribution in [0.4, 0.5) is 0 Å². The zero-order valence-corrected chi connectivity index (χ0v) is 15.3. The van der Waals surface area contributed by atoms with Crippen molar-refractivity contribution in [2.45, 2.75) is 31.7 Å². The van der Waals surface area contributed by atoms with Gasteiger partial charge in [-0.2, -0.15) is 0 Å². The van der Waals surface area contributed by atoms with Crippen LogP contribution in [0.3, 0.4) is 0 Å². The first-order chi connectivity index (χ1) is 12.2. The van der Waals surface area contributed by atoms with Crippen LogP contribution in [0.15, 0.2) is 36.7 Å². The molecule has 1 aromatic heterocycles. The standard InChI is InChI=1S/C19H24ClN3O2/c1-25-12-11-22-10-8-21-19(22)16-6-4-9-23(14-16)18(24)13-15-5-2-3-7-17(15)20/h2-3,5,7-8,10,16H,4,6,9,11-14H2,1H3/t16-/m0/s1. The lowest BCUT2D eigenvalue weighted by atomic mass is 9.96. The van der Waals surface area contributed by atoms with E-state index in [0.29, 0.717) is 24.6 Å². The molecule has 0 N–H and O–H groups in total. The first-order valence-electron chi connectivity index (χ1n) is 8.70. The van der Waals surface area contributed by atoms with E-state index in [2.05, 4.69) is 9.55 Å². The molecule has 1 atom stereocenters. The minimum Gasteiger partial charge on any atom is -0.383 e. The molecule has 0 saturated carbocycles. The number of rotatable bonds is 6. The number of aromatic nitrogens is 2. The van der Waals surface area contributed by atoms with Gasteiger partial charge in [0.25, 0.3) is 0 Å². The Kier molecular flexibility index (Phi) is 6.10. The highest BCUT2D eigenvalue weighted by Crippen LogP contribution is 2.27. The summed E-state index contributed by atoms with van der Waals surface area (Å²) in [5.74, 6) is 1.45. The van der Waals surface area contributed by atoms with Crippen LogP contribution < -0.4 is 0 Å². The Morgan fingerprint density at radius 2 is 2.24 bits per heavy atom. The van der Waals surface area contributed by atoms with Crippen molar-refractivity contribution >= 4 is 17.5 Å². The maximum atomic E-state index is 12.7. The Labute approximate surface area is 153 Å². The maximum absolute atomic E-state index is 12.7. The van der Waals surface area contributed by atoms with Crippen LogP contribution in [-0.4, -0.2) is 47.2 Å². The summed E-state index contributed by atoms with van der Waals surface area (Å²) in [6.07, 6.45) is 6.22. The summed E-state index contributed by atoms with van der Waals surface area (Å²) in [7, 11) is 1.70. The molecule has 0 unspecified atom stereocenters. The summed E-state index contributed by atoms with van der Waals surface area (Å²) in [6, 6.07) is 7.54. The fourth-order valence-corrected chi connectivity index (χ4v) is 3.59. The van der Waals surface area contributed by atoms with E-state index in [1.165, 1.54) is 0 Å². The van der Waals surface area contributed by atoms with Crippen molar-refractivity contribution in [3.8, 4) is 0 Å². The topological polar surface area (TPSA) is 47.4 Å². The number of ether oxygens (including phenoxy) is 1. The molecule has 2 heterocycles. The Morgan fingerprint density at radius 1 is 1.40 bits per heavy atom. The molecular weight excluding hydrogens is 338 g/mol. The van der Waals surface area contributed by atoms with E-state index < -0.39 is 0 Å². The van der Waals surface area contributed by atoms with Gasteiger partial charge in [0.15, 0.2) is 0 Å². The summed E-state index contributed by atoms with van der Waals surface area (Å²) in [4.78, 5) is 19.2. The van der Waals surface area contributed by atoms with Crippen molar-refractivity contribution in [2.75, 3.05) is 26.8 Å². The Hall–Kier alpha value is -1.85. The van der Waals surface area contributed by atoms with Crippen molar-refractivity contribution in [1.82, 2.24) is 14.5 Å². The van der Waals surface area contributed by atoms with Gasteiger partial charge in [0, 0.05) is 50.1 Å². The third-order valence-electron chi connectivity index (χ3n) is 4.72. The summed E-state index contributed by atoms with van der Waals surface area (Å²) in [5, 5.41) is 0.652. The van der Waals surface area contributed by atoms with Crippen LogP contribution in [0.1, 0.15) is 30.1 Å². The number of imidazole rings is 1. The zero-order valence-electron chi connectivity index (χ0n) is 14.5. The predicted molar refractivity (Wildman–Crippen MR) is 97.8 cm³/mol. The number of likely N-dealkylation sites (tertiary alicyclic amines) is 1. The van der Waals surface area contributed by atoms with Crippen LogP contribution in [0.2, 0.25) is 5.02 Å². The lowest BCUT2D eigenvalue weighted by molar-refractivity contribution is -0.131. The fraction of sp³-hybridized carbons (Fsp3) is 0.474. The molecule has 1 aromatic carbocycles. The van der Waals surface area contributed by atoms with Gasteiger partial charge in [-0.25, -0.2) is 4.98 Å². The van der Waals surface area contributed by atoms with Crippen LogP contribution in [0.5, 0.6) is 0 Å². The van der Waals surface area contributed by atoms with E-state index in [0.717, 1.165) is 37.3 Å². The Bertz CT molecular complexity index is 716. The molecule has 5 nitrogen and oxygen atoms in total. The Balaban J connectivity index is 1.66. The molecule has 134 valence electrons. The number of amides is 1. The molecule has 1 aliphatic heterocycles. The molecule has 1 saturated heterocycles. The lowest BCUT2D eigenvalue weighted by Crippen LogP contribution is -2.40. The van der Waals surface area contributed by atoms with E-state index in [-0.39, 0.29) is 11.8 Å². The van der Waals surface area contributed by atoms with E-state index in [9.17, 15) is 4.79 Å². The highest BCUT2D eigenvalue weighted by atomic mass is 35.5. The molecule has 1 aliphatic rings. The van der Waals surface area contributed by atoms with Crippen molar-refractivity contribution in [2.24, 2.45) is 0 Å². The number of nitrogens with zero attached hydrogens (tertiary/aromatic N) is 3. The molecule has 6 heteroatoms. The molecule has 1 amide bonds. The Morgan fingerprint density at radius 3 is 3.04 bits per heavy atom. The average Bonchev–Trinajstić information content (AvgIpc) is 3.10. The second-order valence-electron chi connectivity index (χ2n) is 6.42. The van der Waals surface area contributed by atoms with E-state index in [1.807, 2.05) is 41.6 Å². The molecule has 0 radical (unpaired) electrons. The highest BCUT2D eigenvalue weighted by molar-refractivity contribution is 6.31. The minimum atomic E-state index is 0.132. The predicted octanol–water partition coefficient (Wildman–Crippen LogP) is 3.13. The molecule has 25 heavy (non-hydrogen) atoms. The molecule has 0 bridgehead atoms. The van der Waals surface area contributed by atoms with Crippen molar-refractivity contribution in [3.05, 3.63) is 53.1 Å². The summed E-state index contributed by atoms with van der Waals surface area (Å²) in [6.45, 7) is 2.97. The number of halogens is 1. The van der Waals surface area contributed by atoms with Crippen LogP contribution in [0.25, 0.3) is 0 Å². The van der Waals surface area contributed by atoms with Gasteiger partial charge in [-0.05, 0) is 24.5 Å². The van der Waals surface area contributed by atoms with Gasteiger partial charge in [0.05, 0.1) is 13.0 Å². The second-order valence-corrected chi connectivity index (χ2v) is 6.83. The zero-order chi connectivity index (χ0) is 17.6. The van der Waals surface area contributed by atoms with E-state index in [1.54, 1.807) is 7.11 Å². The van der Waals surface area contributed by atoms with Crippen LogP contribution in [0, 0.1) is 0 Å². The number of benzene rings is 1. The number of hydrogen-bond donors (Lipinski definition) is 0. The van der Waals surface area contributed by atoms with Gasteiger partial charge in [-0.15, -0.1) is 0 Å². The van der Waals surface area contributed by atoms with Gasteiger partial charge in [-0.3, -0.25) is 4.79 Å². The summed E-state index contributed by atoms with van der Waals surface area (Å²) < 4.78 is 7.30. The monoisotopic (exact) mass is 361 g/mol. The van der Waals surface area contributed by atoms with Crippen LogP contribution in [-0.2, 0) is 22.5 Å². The largest absolute Gasteiger partial charge is 0.383 e. The van der Waals surface area contributed by atoms with E-state index in [4.69, 9.17) is 16.3 Å². The van der Waals surface area contributed by atoms with Gasteiger partial charge >= 0.3 is 0 Å². The first-order valence-corrected chi connectivity index (χ1v) is 9.08. The fourth-order valence-electron chi connectivity index (χ4n) is 3.39. The maximum Gasteiger partial charge on any atom is 0.227 e. The molecular formula is C19H24ClN3O2. The minimum absolute atomic E-state index is 0.132.